The van der Waals surface area contributed by atoms with Gasteiger partial charge in [-0.3, -0.25) is 30.2 Å². The number of rotatable bonds is 14. The summed E-state index contributed by atoms with van der Waals surface area (Å²) in [6.07, 6.45) is 5.31. The van der Waals surface area contributed by atoms with Crippen LogP contribution in [-0.2, 0) is 29.9 Å². The maximum Gasteiger partial charge on any atom is 0.413 e. The Bertz CT molecular complexity index is 3380. The van der Waals surface area contributed by atoms with Crippen LogP contribution in [0.2, 0.25) is 5.02 Å². The second kappa shape index (κ2) is 20.8. The average Bonchev–Trinajstić information content (AvgIpc) is 4.33. The smallest absolute Gasteiger partial charge is 0.413 e. The largest absolute Gasteiger partial charge is 0.481 e. The van der Waals surface area contributed by atoms with Crippen LogP contribution in [0.25, 0.3) is 33.9 Å². The van der Waals surface area contributed by atoms with Crippen molar-refractivity contribution in [2.24, 2.45) is 0 Å². The summed E-state index contributed by atoms with van der Waals surface area (Å²) < 4.78 is 43.0. The number of nitrogens with one attached hydrogen (secondary N) is 2. The number of carbonyl (C=O) groups excluding carboxylic acids is 2. The molecule has 2 aliphatic carbocycles. The van der Waals surface area contributed by atoms with Gasteiger partial charge in [0.15, 0.2) is 11.6 Å². The highest BCUT2D eigenvalue weighted by atomic mass is 35.5. The number of aliphatic carboxylic acids is 2. The van der Waals surface area contributed by atoms with Crippen molar-refractivity contribution in [2.45, 2.75) is 69.5 Å². The zero-order valence-electron chi connectivity index (χ0n) is 40.0. The Hall–Kier alpha value is -8.77. The number of benzene rings is 4. The van der Waals surface area contributed by atoms with Crippen LogP contribution in [0.3, 0.4) is 0 Å². The predicted molar refractivity (Wildman–Crippen MR) is 270 cm³/mol. The molecule has 2 atom stereocenters. The number of halogens is 3. The molecule has 2 fully saturated rings. The van der Waals surface area contributed by atoms with Crippen LogP contribution in [-0.4, -0.2) is 63.9 Å². The number of aromatic nitrogens is 6. The first-order chi connectivity index (χ1) is 35.6. The summed E-state index contributed by atoms with van der Waals surface area (Å²) in [5.41, 5.74) is 4.78. The fraction of sp³-hybridized carbons (Fsp3) is 0.200. The summed E-state index contributed by atoms with van der Waals surface area (Å²) >= 11 is 6.21. The highest BCUT2D eigenvalue weighted by molar-refractivity contribution is 6.31. The number of ether oxygens (including phenoxy) is 2. The molecule has 0 radical (unpaired) electrons. The Morgan fingerprint density at radius 1 is 0.622 bits per heavy atom. The van der Waals surface area contributed by atoms with E-state index in [1.165, 1.54) is 27.8 Å². The minimum Gasteiger partial charge on any atom is -0.481 e. The molecule has 4 aromatic carbocycles. The van der Waals surface area contributed by atoms with E-state index >= 15 is 0 Å². The number of nitrogens with zero attached hydrogens (tertiary/aromatic N) is 6. The fourth-order valence-electron chi connectivity index (χ4n) is 8.48. The van der Waals surface area contributed by atoms with E-state index in [0.29, 0.717) is 76.0 Å². The quantitative estimate of drug-likeness (QED) is 0.0801. The van der Waals surface area contributed by atoms with E-state index in [2.05, 4.69) is 30.8 Å². The number of pyridine rings is 2. The molecule has 10 rings (SSSR count). The van der Waals surface area contributed by atoms with E-state index in [0.717, 1.165) is 22.9 Å². The molecular weight excluding hydrogens is 974 g/mol. The molecule has 0 bridgehead atoms. The third kappa shape index (κ3) is 10.4. The minimum absolute atomic E-state index is 0.164. The van der Waals surface area contributed by atoms with Gasteiger partial charge in [-0.25, -0.2) is 27.7 Å². The van der Waals surface area contributed by atoms with Crippen LogP contribution < -0.4 is 10.6 Å². The highest BCUT2D eigenvalue weighted by Gasteiger charge is 2.52. The first-order valence-electron chi connectivity index (χ1n) is 23.4. The summed E-state index contributed by atoms with van der Waals surface area (Å²) in [6, 6.07) is 34.9. The molecule has 2 unspecified atom stereocenters. The molecule has 2 saturated carbocycles. The summed E-state index contributed by atoms with van der Waals surface area (Å²) in [7, 11) is 0. The van der Waals surface area contributed by atoms with Crippen molar-refractivity contribution in [1.29, 1.82) is 0 Å². The van der Waals surface area contributed by atoms with E-state index in [4.69, 9.17) is 21.1 Å². The van der Waals surface area contributed by atoms with Gasteiger partial charge in [0.25, 0.3) is 0 Å². The Kier molecular flexibility index (Phi) is 14.1. The number of carbonyl (C=O) groups is 4. The number of carboxylic acids is 2. The van der Waals surface area contributed by atoms with Crippen LogP contribution in [0, 0.1) is 18.6 Å². The maximum atomic E-state index is 14.9. The Morgan fingerprint density at radius 3 is 1.74 bits per heavy atom. The zero-order chi connectivity index (χ0) is 52.3. The van der Waals surface area contributed by atoms with E-state index < -0.39 is 58.8 Å². The number of carboxylic acid groups (broad SMARTS) is 2. The molecule has 0 saturated heterocycles. The first kappa shape index (κ1) is 50.2. The second-order valence-corrected chi connectivity index (χ2v) is 18.4. The molecule has 4 heterocycles. The summed E-state index contributed by atoms with van der Waals surface area (Å²) in [4.78, 5) is 57.0. The number of aryl methyl sites for hydroxylation is 1. The lowest BCUT2D eigenvalue weighted by Crippen LogP contribution is -2.19. The zero-order valence-corrected chi connectivity index (χ0v) is 40.8. The molecule has 4 N–H and O–H groups in total. The summed E-state index contributed by atoms with van der Waals surface area (Å²) in [5, 5.41) is 33.0. The van der Waals surface area contributed by atoms with Crippen molar-refractivity contribution in [3.05, 3.63) is 191 Å². The van der Waals surface area contributed by atoms with Crippen molar-refractivity contribution in [3.8, 4) is 33.9 Å². The SMILES string of the molecule is CC(OC(=O)Nc1c(F)cnn1-c1ccc(-c2ccc(C3(C(=O)O)CC3)cc2)nc1)c1ccccc1.Cc1cnn(-c2ccc(-c3ccc(C4(C(=O)O)CC4)cc3F)nc2)c1NC(=O)OC(C)c1ccccc1Cl. The van der Waals surface area contributed by atoms with Crippen LogP contribution in [0.15, 0.2) is 146 Å². The van der Waals surface area contributed by atoms with Gasteiger partial charge in [-0.15, -0.1) is 0 Å². The number of amides is 2. The van der Waals surface area contributed by atoms with Crippen molar-refractivity contribution in [2.75, 3.05) is 10.6 Å². The topological polar surface area (TPSA) is 213 Å². The minimum atomic E-state index is -0.982. The van der Waals surface area contributed by atoms with Gasteiger partial charge < -0.3 is 19.7 Å². The summed E-state index contributed by atoms with van der Waals surface area (Å²) in [5.74, 6) is -2.76. The maximum absolute atomic E-state index is 14.9. The summed E-state index contributed by atoms with van der Waals surface area (Å²) in [6.45, 7) is 5.24. The highest BCUT2D eigenvalue weighted by Crippen LogP contribution is 2.50. The Balaban J connectivity index is 0.000000182. The Labute approximate surface area is 427 Å². The molecule has 0 aliphatic heterocycles. The fourth-order valence-corrected chi connectivity index (χ4v) is 8.77. The van der Waals surface area contributed by atoms with Gasteiger partial charge in [-0.1, -0.05) is 90.5 Å². The van der Waals surface area contributed by atoms with Crippen molar-refractivity contribution in [1.82, 2.24) is 29.5 Å². The number of hydrogen-bond donors (Lipinski definition) is 4. The lowest BCUT2D eigenvalue weighted by atomic mass is 9.94. The van der Waals surface area contributed by atoms with Gasteiger partial charge >= 0.3 is 24.1 Å². The van der Waals surface area contributed by atoms with Gasteiger partial charge in [0.05, 0.1) is 58.4 Å². The normalized spacial score (nSPS) is 14.6. The molecule has 8 aromatic rings. The van der Waals surface area contributed by atoms with Crippen LogP contribution >= 0.6 is 11.6 Å². The van der Waals surface area contributed by atoms with E-state index in [9.17, 15) is 38.2 Å². The molecule has 16 nitrogen and oxygen atoms in total. The van der Waals surface area contributed by atoms with E-state index in [1.807, 2.05) is 60.7 Å². The van der Waals surface area contributed by atoms with Crippen LogP contribution in [0.5, 0.6) is 0 Å². The molecule has 376 valence electrons. The Morgan fingerprint density at radius 2 is 1.16 bits per heavy atom. The molecule has 0 spiro atoms. The van der Waals surface area contributed by atoms with Crippen molar-refractivity contribution < 1.29 is 47.6 Å². The first-order valence-corrected chi connectivity index (χ1v) is 23.8. The molecule has 74 heavy (non-hydrogen) atoms. The molecular formula is C55H47ClF2N8O8. The van der Waals surface area contributed by atoms with Crippen molar-refractivity contribution in [3.63, 3.8) is 0 Å². The lowest BCUT2D eigenvalue weighted by molar-refractivity contribution is -0.141. The standard InChI is InChI=1S/C28H24ClFN4O4.C27H23FN4O4/c1-16-14-32-34(25(16)33-27(37)38-17(2)20-5-3-4-6-22(20)29)19-8-10-24(31-15-19)21-9-7-18(13-23(21)30)28(11-12-28)26(35)36;1-17(18-5-3-2-4-6-18)36-26(35)31-24-22(28)16-30-32(24)21-11-12-23(29-15-21)19-7-9-20(10-8-19)27(13-14-27)25(33)34/h3-10,13-15,17H,11-12H2,1-2H3,(H,33,37)(H,35,36);2-12,15-17H,13-14H2,1H3,(H,31,35)(H,33,34). The van der Waals surface area contributed by atoms with Gasteiger partial charge in [-0.2, -0.15) is 10.2 Å². The van der Waals surface area contributed by atoms with E-state index in [-0.39, 0.29) is 11.4 Å². The third-order valence-electron chi connectivity index (χ3n) is 13.1. The average molecular weight is 1020 g/mol. The van der Waals surface area contributed by atoms with Gasteiger partial charge in [0.1, 0.15) is 23.8 Å². The van der Waals surface area contributed by atoms with Crippen LogP contribution in [0.4, 0.5) is 30.0 Å². The number of hydrogen-bond acceptors (Lipinski definition) is 10. The van der Waals surface area contributed by atoms with Gasteiger partial charge in [0.2, 0.25) is 0 Å². The molecule has 19 heteroatoms. The van der Waals surface area contributed by atoms with E-state index in [1.54, 1.807) is 81.6 Å². The number of anilines is 2. The second-order valence-electron chi connectivity index (χ2n) is 18.0. The van der Waals surface area contributed by atoms with Crippen LogP contribution in [0.1, 0.15) is 79.6 Å². The molecule has 2 amide bonds. The van der Waals surface area contributed by atoms with Crippen molar-refractivity contribution >= 4 is 47.4 Å². The molecule has 2 aliphatic rings. The van der Waals surface area contributed by atoms with Gasteiger partial charge in [0, 0.05) is 27.3 Å². The molecule has 4 aromatic heterocycles. The monoisotopic (exact) mass is 1020 g/mol. The lowest BCUT2D eigenvalue weighted by Gasteiger charge is -2.16. The van der Waals surface area contributed by atoms with Gasteiger partial charge in [-0.05, 0) is 106 Å². The third-order valence-corrected chi connectivity index (χ3v) is 13.5. The predicted octanol–water partition coefficient (Wildman–Crippen LogP) is 12.0.